The van der Waals surface area contributed by atoms with Gasteiger partial charge in [0.1, 0.15) is 15.9 Å². The molecule has 0 saturated heterocycles. The fourth-order valence-corrected chi connectivity index (χ4v) is 5.78. The molecule has 0 radical (unpaired) electrons. The van der Waals surface area contributed by atoms with Crippen LogP contribution in [0.25, 0.3) is 0 Å². The van der Waals surface area contributed by atoms with Gasteiger partial charge < -0.3 is 19.9 Å². The Kier molecular flexibility index (Phi) is 8.64. The van der Waals surface area contributed by atoms with Crippen LogP contribution >= 0.6 is 0 Å². The zero-order valence-corrected chi connectivity index (χ0v) is 24.2. The van der Waals surface area contributed by atoms with Gasteiger partial charge >= 0.3 is 29.6 Å². The average molecular weight is 543 g/mol. The summed E-state index contributed by atoms with van der Waals surface area (Å²) in [7, 11) is -4.87. The van der Waals surface area contributed by atoms with E-state index in [0.29, 0.717) is 17.9 Å². The molecule has 0 spiro atoms. The van der Waals surface area contributed by atoms with Crippen molar-refractivity contribution in [3.63, 3.8) is 0 Å². The maximum Gasteiger partial charge on any atom is 1.00 e. The Balaban J connectivity index is 0.00000336. The van der Waals surface area contributed by atoms with Gasteiger partial charge in [-0.25, -0.2) is 8.42 Å². The Hall–Kier alpha value is -2.69. The second-order valence-electron chi connectivity index (χ2n) is 9.26. The first-order chi connectivity index (χ1) is 17.8. The summed E-state index contributed by atoms with van der Waals surface area (Å²) in [5.74, 6) is -0.398. The molecule has 1 fully saturated rings. The van der Waals surface area contributed by atoms with Gasteiger partial charge in [0.15, 0.2) is 11.6 Å². The molecule has 8 nitrogen and oxygen atoms in total. The molecule has 0 bridgehead atoms. The van der Waals surface area contributed by atoms with Crippen LogP contribution in [0.5, 0.6) is 5.75 Å². The number of ketones is 2. The normalized spacial score (nSPS) is 15.2. The van der Waals surface area contributed by atoms with Crippen molar-refractivity contribution in [2.75, 3.05) is 17.2 Å². The van der Waals surface area contributed by atoms with Crippen LogP contribution in [0, 0.1) is 0 Å². The molecule has 3 aromatic rings. The molecule has 5 rings (SSSR count). The van der Waals surface area contributed by atoms with Gasteiger partial charge in [-0.3, -0.25) is 9.59 Å². The van der Waals surface area contributed by atoms with Crippen molar-refractivity contribution < 1.29 is 56.9 Å². The number of nitrogens with one attached hydrogen (secondary N) is 2. The number of fused-ring (bicyclic) bond motifs is 2. The molecule has 0 aromatic heterocycles. The number of rotatable bonds is 7. The third kappa shape index (κ3) is 5.53. The van der Waals surface area contributed by atoms with Crippen molar-refractivity contribution in [1.29, 1.82) is 0 Å². The minimum atomic E-state index is -4.87. The topological polar surface area (TPSA) is 125 Å². The Morgan fingerprint density at radius 1 is 0.868 bits per heavy atom. The molecule has 192 valence electrons. The van der Waals surface area contributed by atoms with Crippen molar-refractivity contribution in [2.24, 2.45) is 0 Å². The Morgan fingerprint density at radius 3 is 2.05 bits per heavy atom. The number of ether oxygens (including phenoxy) is 1. The van der Waals surface area contributed by atoms with Crippen molar-refractivity contribution in [3.8, 4) is 5.75 Å². The van der Waals surface area contributed by atoms with E-state index >= 15 is 0 Å². The van der Waals surface area contributed by atoms with Crippen LogP contribution in [-0.2, 0) is 10.1 Å². The number of benzene rings is 3. The standard InChI is InChI=1S/C28H28N2O6S.Na/c1-2-36-18-12-13-21(24(16-18)37(33,34)35)30-23-15-14-22(29-17-8-4-3-5-9-17)25-26(23)28(32)20-11-7-6-10-19(20)27(25)31;/h6-7,10-17,29-30H,2-5,8-9H2,1H3,(H,33,34,35);/q;+1/p-1. The molecule has 0 aliphatic heterocycles. The van der Waals surface area contributed by atoms with Gasteiger partial charge in [0.05, 0.1) is 34.0 Å². The average Bonchev–Trinajstić information content (AvgIpc) is 2.89. The summed E-state index contributed by atoms with van der Waals surface area (Å²) in [6.07, 6.45) is 5.32. The summed E-state index contributed by atoms with van der Waals surface area (Å²) in [6.45, 7) is 2.04. The number of hydrogen-bond donors (Lipinski definition) is 2. The van der Waals surface area contributed by atoms with Crippen molar-refractivity contribution >= 4 is 38.7 Å². The molecular formula is C28H27N2NaO6S. The van der Waals surface area contributed by atoms with E-state index in [-0.39, 0.29) is 81.0 Å². The molecule has 0 unspecified atom stereocenters. The SMILES string of the molecule is CCOc1ccc(Nc2ccc(NC3CCCCC3)c3c2C(=O)c2ccccc2C3=O)c(S(=O)(=O)[O-])c1.[Na+]. The van der Waals surface area contributed by atoms with Gasteiger partial charge in [-0.1, -0.05) is 43.5 Å². The molecular weight excluding hydrogens is 515 g/mol. The molecule has 0 amide bonds. The summed E-state index contributed by atoms with van der Waals surface area (Å²) < 4.78 is 41.5. The predicted molar refractivity (Wildman–Crippen MR) is 139 cm³/mol. The summed E-state index contributed by atoms with van der Waals surface area (Å²) in [4.78, 5) is 26.9. The van der Waals surface area contributed by atoms with Crippen LogP contribution in [0.4, 0.5) is 17.1 Å². The second-order valence-corrected chi connectivity index (χ2v) is 10.6. The summed E-state index contributed by atoms with van der Waals surface area (Å²) in [5, 5.41) is 6.43. The van der Waals surface area contributed by atoms with E-state index in [9.17, 15) is 22.6 Å². The summed E-state index contributed by atoms with van der Waals surface area (Å²) >= 11 is 0. The molecule has 2 aliphatic carbocycles. The fraction of sp³-hybridized carbons (Fsp3) is 0.286. The quantitative estimate of drug-likeness (QED) is 0.269. The third-order valence-electron chi connectivity index (χ3n) is 6.84. The zero-order chi connectivity index (χ0) is 26.2. The number of hydrogen-bond acceptors (Lipinski definition) is 8. The second kappa shape index (κ2) is 11.6. The Bertz CT molecular complexity index is 1500. The molecule has 1 saturated carbocycles. The maximum absolute atomic E-state index is 13.7. The van der Waals surface area contributed by atoms with Crippen LogP contribution < -0.4 is 44.9 Å². The van der Waals surface area contributed by atoms with Crippen molar-refractivity contribution in [1.82, 2.24) is 0 Å². The van der Waals surface area contributed by atoms with Gasteiger partial charge in [-0.05, 0) is 50.1 Å². The van der Waals surface area contributed by atoms with E-state index in [1.807, 2.05) is 0 Å². The number of carbonyl (C=O) groups is 2. The predicted octanol–water partition coefficient (Wildman–Crippen LogP) is 2.26. The Labute approximate surface area is 244 Å². The van der Waals surface area contributed by atoms with Crippen molar-refractivity contribution in [3.05, 3.63) is 76.9 Å². The molecule has 0 atom stereocenters. The van der Waals surface area contributed by atoms with E-state index in [1.165, 1.54) is 18.6 Å². The van der Waals surface area contributed by atoms with E-state index < -0.39 is 15.0 Å². The molecule has 2 N–H and O–H groups in total. The first-order valence-corrected chi connectivity index (χ1v) is 13.8. The van der Waals surface area contributed by atoms with Crippen LogP contribution in [-0.4, -0.2) is 37.2 Å². The van der Waals surface area contributed by atoms with Crippen molar-refractivity contribution in [2.45, 2.75) is 50.0 Å². The van der Waals surface area contributed by atoms with Crippen LogP contribution in [0.2, 0.25) is 0 Å². The fourth-order valence-electron chi connectivity index (χ4n) is 5.13. The number of carbonyl (C=O) groups excluding carboxylic acids is 2. The van der Waals surface area contributed by atoms with Gasteiger partial charge in [0.25, 0.3) is 0 Å². The molecule has 2 aliphatic rings. The summed E-state index contributed by atoms with van der Waals surface area (Å²) in [6, 6.07) is 14.3. The van der Waals surface area contributed by atoms with Crippen LogP contribution in [0.3, 0.4) is 0 Å². The molecule has 38 heavy (non-hydrogen) atoms. The first kappa shape index (κ1) is 28.3. The minimum absolute atomic E-state index is 0. The smallest absolute Gasteiger partial charge is 0.744 e. The van der Waals surface area contributed by atoms with Crippen LogP contribution in [0.15, 0.2) is 59.5 Å². The van der Waals surface area contributed by atoms with E-state index in [4.69, 9.17) is 4.74 Å². The third-order valence-corrected chi connectivity index (χ3v) is 7.72. The van der Waals surface area contributed by atoms with Crippen LogP contribution in [0.1, 0.15) is 70.9 Å². The van der Waals surface area contributed by atoms with Gasteiger partial charge in [0, 0.05) is 22.9 Å². The molecule has 3 aromatic carbocycles. The molecule has 0 heterocycles. The minimum Gasteiger partial charge on any atom is -0.744 e. The largest absolute Gasteiger partial charge is 1.00 e. The Morgan fingerprint density at radius 2 is 1.45 bits per heavy atom. The summed E-state index contributed by atoms with van der Waals surface area (Å²) in [5.41, 5.74) is 1.81. The zero-order valence-electron chi connectivity index (χ0n) is 21.4. The van der Waals surface area contributed by atoms with Gasteiger partial charge in [0.2, 0.25) is 0 Å². The van der Waals surface area contributed by atoms with E-state index in [1.54, 1.807) is 43.3 Å². The van der Waals surface area contributed by atoms with E-state index in [2.05, 4.69) is 10.6 Å². The maximum atomic E-state index is 13.7. The number of anilines is 3. The van der Waals surface area contributed by atoms with Gasteiger partial charge in [-0.15, -0.1) is 0 Å². The van der Waals surface area contributed by atoms with E-state index in [0.717, 1.165) is 31.7 Å². The molecule has 10 heteroatoms. The van der Waals surface area contributed by atoms with Gasteiger partial charge in [-0.2, -0.15) is 0 Å². The monoisotopic (exact) mass is 542 g/mol. The first-order valence-electron chi connectivity index (χ1n) is 12.4.